The van der Waals surface area contributed by atoms with E-state index in [1.807, 2.05) is 12.1 Å². The summed E-state index contributed by atoms with van der Waals surface area (Å²) in [5.74, 6) is 1.02. The van der Waals surface area contributed by atoms with Crippen molar-refractivity contribution in [2.24, 2.45) is 5.73 Å². The molecule has 0 aliphatic carbocycles. The minimum atomic E-state index is -0.154. The summed E-state index contributed by atoms with van der Waals surface area (Å²) >= 11 is 0. The van der Waals surface area contributed by atoms with Gasteiger partial charge in [0, 0.05) is 12.4 Å². The highest BCUT2D eigenvalue weighted by Crippen LogP contribution is 2.18. The number of nitrogens with zero attached hydrogens (tertiary/aromatic N) is 3. The summed E-state index contributed by atoms with van der Waals surface area (Å²) in [4.78, 5) is 8.25. The van der Waals surface area contributed by atoms with Gasteiger partial charge in [0.2, 0.25) is 0 Å². The van der Waals surface area contributed by atoms with Gasteiger partial charge in [-0.1, -0.05) is 18.5 Å². The van der Waals surface area contributed by atoms with Gasteiger partial charge in [-0.15, -0.1) is 0 Å². The quantitative estimate of drug-likeness (QED) is 0.848. The van der Waals surface area contributed by atoms with Crippen molar-refractivity contribution in [1.82, 2.24) is 15.1 Å². The summed E-state index contributed by atoms with van der Waals surface area (Å²) in [5.41, 5.74) is 6.71. The van der Waals surface area contributed by atoms with Crippen molar-refractivity contribution in [1.29, 1.82) is 0 Å². The Kier molecular flexibility index (Phi) is 3.26. The van der Waals surface area contributed by atoms with E-state index in [0.717, 1.165) is 18.4 Å². The molecule has 0 saturated heterocycles. The zero-order chi connectivity index (χ0) is 11.4. The van der Waals surface area contributed by atoms with E-state index < -0.39 is 0 Å². The van der Waals surface area contributed by atoms with E-state index in [0.29, 0.717) is 11.7 Å². The number of aromatic nitrogens is 3. The fraction of sp³-hybridized carbons (Fsp3) is 0.364. The fourth-order valence-electron chi connectivity index (χ4n) is 1.43. The van der Waals surface area contributed by atoms with Gasteiger partial charge in [-0.3, -0.25) is 4.98 Å². The molecule has 5 heteroatoms. The number of nitrogens with two attached hydrogens (primary N) is 1. The highest BCUT2D eigenvalue weighted by molar-refractivity contribution is 5.50. The van der Waals surface area contributed by atoms with Gasteiger partial charge >= 0.3 is 0 Å². The molecular formula is C11H14N4O. The SMILES string of the molecule is CCCC(N)c1noc(-c2cccnc2)n1. The van der Waals surface area contributed by atoms with E-state index >= 15 is 0 Å². The van der Waals surface area contributed by atoms with Gasteiger partial charge in [-0.25, -0.2) is 0 Å². The van der Waals surface area contributed by atoms with Crippen molar-refractivity contribution in [2.45, 2.75) is 25.8 Å². The maximum Gasteiger partial charge on any atom is 0.259 e. The topological polar surface area (TPSA) is 77.8 Å². The van der Waals surface area contributed by atoms with E-state index in [9.17, 15) is 0 Å². The van der Waals surface area contributed by atoms with Gasteiger partial charge in [0.05, 0.1) is 11.6 Å². The Hall–Kier alpha value is -1.75. The van der Waals surface area contributed by atoms with Crippen LogP contribution >= 0.6 is 0 Å². The van der Waals surface area contributed by atoms with Gasteiger partial charge in [-0.2, -0.15) is 4.98 Å². The van der Waals surface area contributed by atoms with Gasteiger partial charge in [-0.05, 0) is 18.6 Å². The average Bonchev–Trinajstić information content (AvgIpc) is 2.80. The van der Waals surface area contributed by atoms with Crippen LogP contribution in [0, 0.1) is 0 Å². The van der Waals surface area contributed by atoms with E-state index in [1.165, 1.54) is 0 Å². The monoisotopic (exact) mass is 218 g/mol. The minimum Gasteiger partial charge on any atom is -0.334 e. The van der Waals surface area contributed by atoms with E-state index in [4.69, 9.17) is 10.3 Å². The lowest BCUT2D eigenvalue weighted by Gasteiger charge is -2.02. The van der Waals surface area contributed by atoms with E-state index in [-0.39, 0.29) is 6.04 Å². The summed E-state index contributed by atoms with van der Waals surface area (Å²) in [6.07, 6.45) is 5.23. The Balaban J connectivity index is 2.20. The highest BCUT2D eigenvalue weighted by Gasteiger charge is 2.14. The molecule has 1 atom stereocenters. The largest absolute Gasteiger partial charge is 0.334 e. The summed E-state index contributed by atoms with van der Waals surface area (Å²) in [6.45, 7) is 2.07. The predicted molar refractivity (Wildman–Crippen MR) is 59.4 cm³/mol. The molecule has 0 aromatic carbocycles. The Labute approximate surface area is 93.7 Å². The van der Waals surface area contributed by atoms with E-state index in [1.54, 1.807) is 12.4 Å². The lowest BCUT2D eigenvalue weighted by molar-refractivity contribution is 0.413. The van der Waals surface area contributed by atoms with Crippen LogP contribution in [-0.2, 0) is 0 Å². The summed E-state index contributed by atoms with van der Waals surface area (Å²) in [6, 6.07) is 3.54. The number of pyridine rings is 1. The average molecular weight is 218 g/mol. The Bertz CT molecular complexity index is 440. The first kappa shape index (κ1) is 10.8. The molecule has 0 amide bonds. The third-order valence-corrected chi connectivity index (χ3v) is 2.28. The summed E-state index contributed by atoms with van der Waals surface area (Å²) in [7, 11) is 0. The van der Waals surface area contributed by atoms with Crippen molar-refractivity contribution in [3.8, 4) is 11.5 Å². The molecular weight excluding hydrogens is 204 g/mol. The van der Waals surface area contributed by atoms with Crippen molar-refractivity contribution >= 4 is 0 Å². The molecule has 0 fully saturated rings. The second-order valence-corrected chi connectivity index (χ2v) is 3.59. The number of hydrogen-bond donors (Lipinski definition) is 1. The van der Waals surface area contributed by atoms with Crippen molar-refractivity contribution in [2.75, 3.05) is 0 Å². The summed E-state index contributed by atoms with van der Waals surface area (Å²) < 4.78 is 5.14. The van der Waals surface area contributed by atoms with Crippen molar-refractivity contribution in [3.05, 3.63) is 30.4 Å². The third kappa shape index (κ3) is 2.25. The van der Waals surface area contributed by atoms with Crippen LogP contribution in [0.15, 0.2) is 29.0 Å². The van der Waals surface area contributed by atoms with Crippen LogP contribution in [0.5, 0.6) is 0 Å². The maximum atomic E-state index is 5.90. The van der Waals surface area contributed by atoms with E-state index in [2.05, 4.69) is 22.0 Å². The van der Waals surface area contributed by atoms with Gasteiger partial charge in [0.1, 0.15) is 0 Å². The second-order valence-electron chi connectivity index (χ2n) is 3.59. The summed E-state index contributed by atoms with van der Waals surface area (Å²) in [5, 5.41) is 3.87. The van der Waals surface area contributed by atoms with Crippen LogP contribution in [0.2, 0.25) is 0 Å². The molecule has 84 valence electrons. The zero-order valence-corrected chi connectivity index (χ0v) is 9.13. The number of rotatable bonds is 4. The predicted octanol–water partition coefficient (Wildman–Crippen LogP) is 1.93. The Morgan fingerprint density at radius 1 is 1.50 bits per heavy atom. The van der Waals surface area contributed by atoms with Gasteiger partial charge in [0.15, 0.2) is 5.82 Å². The van der Waals surface area contributed by atoms with Gasteiger partial charge in [0.25, 0.3) is 5.89 Å². The molecule has 16 heavy (non-hydrogen) atoms. The molecule has 2 heterocycles. The molecule has 1 unspecified atom stereocenters. The van der Waals surface area contributed by atoms with Crippen molar-refractivity contribution < 1.29 is 4.52 Å². The van der Waals surface area contributed by atoms with Crippen LogP contribution < -0.4 is 5.73 Å². The second kappa shape index (κ2) is 4.85. The molecule has 0 saturated carbocycles. The minimum absolute atomic E-state index is 0.154. The molecule has 0 radical (unpaired) electrons. The molecule has 2 aromatic rings. The molecule has 0 aliphatic heterocycles. The normalized spacial score (nSPS) is 12.6. The van der Waals surface area contributed by atoms with Crippen LogP contribution in [0.1, 0.15) is 31.6 Å². The van der Waals surface area contributed by atoms with Crippen LogP contribution in [0.25, 0.3) is 11.5 Å². The Morgan fingerprint density at radius 2 is 2.38 bits per heavy atom. The smallest absolute Gasteiger partial charge is 0.259 e. The van der Waals surface area contributed by atoms with Crippen LogP contribution in [0.3, 0.4) is 0 Å². The van der Waals surface area contributed by atoms with Crippen molar-refractivity contribution in [3.63, 3.8) is 0 Å². The van der Waals surface area contributed by atoms with Gasteiger partial charge < -0.3 is 10.3 Å². The molecule has 2 aromatic heterocycles. The zero-order valence-electron chi connectivity index (χ0n) is 9.13. The first-order chi connectivity index (χ1) is 7.81. The molecule has 2 rings (SSSR count). The molecule has 5 nitrogen and oxygen atoms in total. The molecule has 2 N–H and O–H groups in total. The van der Waals surface area contributed by atoms with Crippen LogP contribution in [-0.4, -0.2) is 15.1 Å². The molecule has 0 spiro atoms. The lowest BCUT2D eigenvalue weighted by Crippen LogP contribution is -2.11. The maximum absolute atomic E-state index is 5.90. The third-order valence-electron chi connectivity index (χ3n) is 2.28. The first-order valence-electron chi connectivity index (χ1n) is 5.31. The standard InChI is InChI=1S/C11H14N4O/c1-2-4-9(12)10-14-11(16-15-10)8-5-3-6-13-7-8/h3,5-7,9H,2,4,12H2,1H3. The first-order valence-corrected chi connectivity index (χ1v) is 5.31. The fourth-order valence-corrected chi connectivity index (χ4v) is 1.43. The molecule has 0 bridgehead atoms. The highest BCUT2D eigenvalue weighted by atomic mass is 16.5. The van der Waals surface area contributed by atoms with Crippen LogP contribution in [0.4, 0.5) is 0 Å². The Morgan fingerprint density at radius 3 is 3.06 bits per heavy atom. The lowest BCUT2D eigenvalue weighted by atomic mass is 10.2. The number of hydrogen-bond acceptors (Lipinski definition) is 5. The molecule has 0 aliphatic rings.